The number of nitrogens with zero attached hydrogens (tertiary/aromatic N) is 2. The zero-order valence-electron chi connectivity index (χ0n) is 19.6. The van der Waals surface area contributed by atoms with E-state index in [-0.39, 0.29) is 22.8 Å². The molecule has 192 valence electrons. The Hall–Kier alpha value is -3.86. The summed E-state index contributed by atoms with van der Waals surface area (Å²) in [5.74, 6) is -1.06. The second-order valence-electron chi connectivity index (χ2n) is 9.24. The van der Waals surface area contributed by atoms with Crippen LogP contribution in [0, 0.1) is 5.82 Å². The molecule has 1 atom stereocenters. The summed E-state index contributed by atoms with van der Waals surface area (Å²) in [4.78, 5) is 17.6. The van der Waals surface area contributed by atoms with E-state index < -0.39 is 33.7 Å². The van der Waals surface area contributed by atoms with Crippen LogP contribution < -0.4 is 10.1 Å². The summed E-state index contributed by atoms with van der Waals surface area (Å²) in [6.45, 7) is -1.29. The number of carbonyl (C=O) groups excluding carboxylic acids is 1. The maximum Gasteiger partial charge on any atom is 0.387 e. The number of hydrogen-bond acceptors (Lipinski definition) is 5. The molecule has 0 radical (unpaired) electrons. The Bertz CT molecular complexity index is 1600. The van der Waals surface area contributed by atoms with Gasteiger partial charge in [0.05, 0.1) is 33.6 Å². The molecule has 1 saturated heterocycles. The number of hydrogen-bond donors (Lipinski definition) is 1. The topological polar surface area (TPSA) is 90.3 Å². The first-order valence-electron chi connectivity index (χ1n) is 11.4. The summed E-state index contributed by atoms with van der Waals surface area (Å²) in [5, 5.41) is 2.82. The third kappa shape index (κ3) is 5.17. The van der Waals surface area contributed by atoms with Crippen LogP contribution in [0.2, 0.25) is 0 Å². The molecule has 4 aromatic rings. The van der Waals surface area contributed by atoms with Crippen molar-refractivity contribution in [2.24, 2.45) is 0 Å². The highest BCUT2D eigenvalue weighted by Crippen LogP contribution is 2.34. The van der Waals surface area contributed by atoms with E-state index in [1.165, 1.54) is 30.5 Å². The molecule has 0 aliphatic carbocycles. The largest absolute Gasteiger partial charge is 0.435 e. The SMILES string of the molecule is C[C@]1(NC(=O)c2cnc3c(-c4cccc(OC(F)F)c4)cn(-c4ccc(F)cc4)c3c2)CCS(=O)(=O)C1. The van der Waals surface area contributed by atoms with Crippen LogP contribution in [0.4, 0.5) is 13.2 Å². The first kappa shape index (κ1) is 24.8. The third-order valence-electron chi connectivity index (χ3n) is 6.30. The number of halogens is 3. The Morgan fingerprint density at radius 2 is 1.92 bits per heavy atom. The Kier molecular flexibility index (Phi) is 6.18. The molecule has 1 N–H and O–H groups in total. The summed E-state index contributed by atoms with van der Waals surface area (Å²) in [5.41, 5.74) is 2.03. The van der Waals surface area contributed by atoms with Crippen LogP contribution in [0.5, 0.6) is 5.75 Å². The number of sulfone groups is 1. The van der Waals surface area contributed by atoms with Crippen LogP contribution in [0.15, 0.2) is 67.0 Å². The van der Waals surface area contributed by atoms with Gasteiger partial charge in [0.1, 0.15) is 11.6 Å². The normalized spacial score (nSPS) is 18.8. The minimum atomic E-state index is -3.22. The number of ether oxygens (including phenoxy) is 1. The predicted molar refractivity (Wildman–Crippen MR) is 132 cm³/mol. The monoisotopic (exact) mass is 529 g/mol. The number of aromatic nitrogens is 2. The summed E-state index contributed by atoms with van der Waals surface area (Å²) < 4.78 is 69.3. The molecule has 0 unspecified atom stereocenters. The number of fused-ring (bicyclic) bond motifs is 1. The van der Waals surface area contributed by atoms with Gasteiger partial charge in [0.25, 0.3) is 5.91 Å². The van der Waals surface area contributed by atoms with Crippen molar-refractivity contribution in [2.45, 2.75) is 25.5 Å². The number of alkyl halides is 2. The number of nitrogens with one attached hydrogen (secondary N) is 1. The van der Waals surface area contributed by atoms with Crippen LogP contribution in [0.25, 0.3) is 27.8 Å². The third-order valence-corrected chi connectivity index (χ3v) is 8.20. The van der Waals surface area contributed by atoms with Gasteiger partial charge < -0.3 is 14.6 Å². The Labute approximate surface area is 210 Å². The summed E-state index contributed by atoms with van der Waals surface area (Å²) in [7, 11) is -3.22. The fourth-order valence-electron chi connectivity index (χ4n) is 4.55. The number of carbonyl (C=O) groups is 1. The second-order valence-corrected chi connectivity index (χ2v) is 11.4. The van der Waals surface area contributed by atoms with E-state index in [0.29, 0.717) is 34.3 Å². The van der Waals surface area contributed by atoms with E-state index in [1.807, 2.05) is 0 Å². The average Bonchev–Trinajstić information content (AvgIpc) is 3.35. The molecule has 37 heavy (non-hydrogen) atoms. The maximum absolute atomic E-state index is 13.6. The molecule has 7 nitrogen and oxygen atoms in total. The van der Waals surface area contributed by atoms with E-state index >= 15 is 0 Å². The molecule has 0 saturated carbocycles. The minimum Gasteiger partial charge on any atom is -0.435 e. The number of pyridine rings is 1. The number of amides is 1. The highest BCUT2D eigenvalue weighted by molar-refractivity contribution is 7.91. The fourth-order valence-corrected chi connectivity index (χ4v) is 6.64. The van der Waals surface area contributed by atoms with Crippen molar-refractivity contribution < 1.29 is 31.1 Å². The molecule has 11 heteroatoms. The minimum absolute atomic E-state index is 0.00613. The van der Waals surface area contributed by atoms with Gasteiger partial charge in [-0.15, -0.1) is 0 Å². The Morgan fingerprint density at radius 3 is 2.59 bits per heavy atom. The molecular formula is C26H22F3N3O4S. The number of benzene rings is 2. The van der Waals surface area contributed by atoms with Gasteiger partial charge in [0.2, 0.25) is 0 Å². The van der Waals surface area contributed by atoms with Crippen LogP contribution in [0.3, 0.4) is 0 Å². The highest BCUT2D eigenvalue weighted by atomic mass is 32.2. The molecule has 2 aromatic heterocycles. The van der Waals surface area contributed by atoms with Gasteiger partial charge in [0, 0.05) is 23.6 Å². The fraction of sp³-hybridized carbons (Fsp3) is 0.231. The van der Waals surface area contributed by atoms with Gasteiger partial charge >= 0.3 is 6.61 Å². The highest BCUT2D eigenvalue weighted by Gasteiger charge is 2.39. The maximum atomic E-state index is 13.6. The van der Waals surface area contributed by atoms with Gasteiger partial charge in [-0.25, -0.2) is 12.8 Å². The second kappa shape index (κ2) is 9.22. The van der Waals surface area contributed by atoms with E-state index in [0.717, 1.165) is 0 Å². The summed E-state index contributed by atoms with van der Waals surface area (Å²) >= 11 is 0. The lowest BCUT2D eigenvalue weighted by Gasteiger charge is -2.23. The van der Waals surface area contributed by atoms with Crippen molar-refractivity contribution in [2.75, 3.05) is 11.5 Å². The van der Waals surface area contributed by atoms with E-state index in [4.69, 9.17) is 0 Å². The molecule has 2 aromatic carbocycles. The Balaban J connectivity index is 1.59. The number of rotatable bonds is 6. The predicted octanol–water partition coefficient (Wildman–Crippen LogP) is 4.74. The molecule has 0 spiro atoms. The van der Waals surface area contributed by atoms with E-state index in [2.05, 4.69) is 15.0 Å². The summed E-state index contributed by atoms with van der Waals surface area (Å²) in [6.07, 6.45) is 3.41. The van der Waals surface area contributed by atoms with Gasteiger partial charge in [-0.05, 0) is 61.4 Å². The van der Waals surface area contributed by atoms with Crippen molar-refractivity contribution in [1.29, 1.82) is 0 Å². The lowest BCUT2D eigenvalue weighted by atomic mass is 10.0. The van der Waals surface area contributed by atoms with Crippen molar-refractivity contribution >= 4 is 26.8 Å². The molecule has 0 bridgehead atoms. The van der Waals surface area contributed by atoms with Gasteiger partial charge in [-0.2, -0.15) is 8.78 Å². The van der Waals surface area contributed by atoms with Crippen molar-refractivity contribution in [3.63, 3.8) is 0 Å². The van der Waals surface area contributed by atoms with E-state index in [1.54, 1.807) is 48.0 Å². The quantitative estimate of drug-likeness (QED) is 0.390. The first-order chi connectivity index (χ1) is 17.5. The molecule has 1 amide bonds. The Morgan fingerprint density at radius 1 is 1.16 bits per heavy atom. The smallest absolute Gasteiger partial charge is 0.387 e. The van der Waals surface area contributed by atoms with Gasteiger partial charge in [0.15, 0.2) is 9.84 Å². The van der Waals surface area contributed by atoms with Gasteiger partial charge in [-0.3, -0.25) is 9.78 Å². The summed E-state index contributed by atoms with van der Waals surface area (Å²) in [6, 6.07) is 13.5. The zero-order valence-corrected chi connectivity index (χ0v) is 20.4. The van der Waals surface area contributed by atoms with Gasteiger partial charge in [-0.1, -0.05) is 12.1 Å². The van der Waals surface area contributed by atoms with Crippen LogP contribution in [0.1, 0.15) is 23.7 Å². The lowest BCUT2D eigenvalue weighted by Crippen LogP contribution is -2.46. The molecule has 1 aliphatic heterocycles. The van der Waals surface area contributed by atoms with Crippen molar-refractivity contribution in [3.05, 3.63) is 78.4 Å². The van der Waals surface area contributed by atoms with Crippen molar-refractivity contribution in [3.8, 4) is 22.6 Å². The van der Waals surface area contributed by atoms with Crippen LogP contribution >= 0.6 is 0 Å². The lowest BCUT2D eigenvalue weighted by molar-refractivity contribution is -0.0498. The van der Waals surface area contributed by atoms with E-state index in [9.17, 15) is 26.4 Å². The molecule has 1 fully saturated rings. The molecular weight excluding hydrogens is 507 g/mol. The molecule has 3 heterocycles. The zero-order chi connectivity index (χ0) is 26.4. The van der Waals surface area contributed by atoms with Crippen LogP contribution in [-0.2, 0) is 9.84 Å². The molecule has 5 rings (SSSR count). The first-order valence-corrected chi connectivity index (χ1v) is 13.2. The van der Waals surface area contributed by atoms with Crippen LogP contribution in [-0.4, -0.2) is 47.5 Å². The average molecular weight is 530 g/mol. The van der Waals surface area contributed by atoms with Crippen molar-refractivity contribution in [1.82, 2.24) is 14.9 Å². The molecule has 1 aliphatic rings. The standard InChI is InChI=1S/C26H22F3N3O4S/c1-26(9-10-37(34,35)15-26)31-24(33)17-12-22-23(30-13-17)21(14-32(22)19-7-5-18(27)6-8-19)16-3-2-4-20(11-16)36-25(28)29/h2-8,11-14,25H,9-10,15H2,1H3,(H,31,33)/t26-/m0/s1.